The molecule has 7 nitrogen and oxygen atoms in total. The van der Waals surface area contributed by atoms with E-state index in [0.717, 1.165) is 24.0 Å². The molecule has 0 aromatic heterocycles. The van der Waals surface area contributed by atoms with Gasteiger partial charge in [-0.25, -0.2) is 13.1 Å². The first-order valence-electron chi connectivity index (χ1n) is 7.88. The minimum atomic E-state index is -3.27. The predicted octanol–water partition coefficient (Wildman–Crippen LogP) is 1.00. The minimum absolute atomic E-state index is 0.104. The Hall–Kier alpha value is -1.80. The van der Waals surface area contributed by atoms with Gasteiger partial charge in [-0.2, -0.15) is 0 Å². The highest BCUT2D eigenvalue weighted by Crippen LogP contribution is 2.31. The lowest BCUT2D eigenvalue weighted by Gasteiger charge is -2.30. The maximum absolute atomic E-state index is 11.4. The van der Waals surface area contributed by atoms with Gasteiger partial charge in [-0.1, -0.05) is 18.2 Å². The number of benzene rings is 1. The summed E-state index contributed by atoms with van der Waals surface area (Å²) in [5.74, 6) is 1.51. The van der Waals surface area contributed by atoms with E-state index >= 15 is 0 Å². The van der Waals surface area contributed by atoms with Crippen LogP contribution in [-0.2, 0) is 10.0 Å². The molecule has 8 heteroatoms. The van der Waals surface area contributed by atoms with Crippen molar-refractivity contribution in [2.24, 2.45) is 4.99 Å². The van der Waals surface area contributed by atoms with Crippen LogP contribution in [0.15, 0.2) is 29.3 Å². The van der Waals surface area contributed by atoms with Gasteiger partial charge in [0.2, 0.25) is 10.0 Å². The molecule has 0 saturated heterocycles. The predicted molar refractivity (Wildman–Crippen MR) is 95.9 cm³/mol. The van der Waals surface area contributed by atoms with Crippen molar-refractivity contribution in [1.29, 1.82) is 0 Å². The fraction of sp³-hybridized carbons (Fsp3) is 0.562. The molecule has 134 valence electrons. The van der Waals surface area contributed by atoms with Gasteiger partial charge >= 0.3 is 0 Å². The number of nitrogens with zero attached hydrogens (tertiary/aromatic N) is 1. The van der Waals surface area contributed by atoms with E-state index in [1.807, 2.05) is 38.1 Å². The van der Waals surface area contributed by atoms with Gasteiger partial charge in [-0.05, 0) is 19.9 Å². The van der Waals surface area contributed by atoms with E-state index < -0.39 is 15.6 Å². The Bertz CT molecular complexity index is 701. The lowest BCUT2D eigenvalue weighted by atomic mass is 10.0. The Labute approximate surface area is 143 Å². The van der Waals surface area contributed by atoms with Crippen LogP contribution in [0, 0.1) is 0 Å². The van der Waals surface area contributed by atoms with Gasteiger partial charge in [-0.15, -0.1) is 0 Å². The van der Waals surface area contributed by atoms with Crippen LogP contribution in [0.25, 0.3) is 0 Å². The van der Waals surface area contributed by atoms with Gasteiger partial charge in [0, 0.05) is 31.1 Å². The van der Waals surface area contributed by atoms with Crippen molar-refractivity contribution in [3.63, 3.8) is 0 Å². The van der Waals surface area contributed by atoms with Crippen molar-refractivity contribution in [3.05, 3.63) is 29.8 Å². The number of fused-ring (bicyclic) bond motifs is 1. The van der Waals surface area contributed by atoms with Gasteiger partial charge in [-0.3, -0.25) is 4.99 Å². The lowest BCUT2D eigenvalue weighted by Crippen LogP contribution is -2.53. The Kier molecular flexibility index (Phi) is 5.71. The summed E-state index contributed by atoms with van der Waals surface area (Å²) in [4.78, 5) is 4.23. The molecular formula is C16H26N4O3S. The molecule has 1 aromatic rings. The molecule has 0 aliphatic carbocycles. The normalized spacial score (nSPS) is 18.5. The third kappa shape index (κ3) is 5.38. The standard InChI is InChI=1S/C16H26N4O3S/c1-16(2,20-24(4,21)22)11-18-15(17-3)19-13-9-10-23-14-8-6-5-7-12(13)14/h5-8,13,20H,9-11H2,1-4H3,(H2,17,18,19). The van der Waals surface area contributed by atoms with E-state index in [0.29, 0.717) is 19.1 Å². The summed E-state index contributed by atoms with van der Waals surface area (Å²) in [6.07, 6.45) is 1.99. The van der Waals surface area contributed by atoms with Crippen LogP contribution < -0.4 is 20.1 Å². The second-order valence-corrected chi connectivity index (χ2v) is 8.30. The van der Waals surface area contributed by atoms with Crippen molar-refractivity contribution in [1.82, 2.24) is 15.4 Å². The van der Waals surface area contributed by atoms with Gasteiger partial charge in [0.1, 0.15) is 5.75 Å². The summed E-state index contributed by atoms with van der Waals surface area (Å²) < 4.78 is 31.1. The van der Waals surface area contributed by atoms with Crippen LogP contribution in [0.3, 0.4) is 0 Å². The van der Waals surface area contributed by atoms with Crippen molar-refractivity contribution < 1.29 is 13.2 Å². The fourth-order valence-electron chi connectivity index (χ4n) is 2.69. The summed E-state index contributed by atoms with van der Waals surface area (Å²) in [6.45, 7) is 4.69. The number of para-hydroxylation sites is 1. The molecule has 0 spiro atoms. The van der Waals surface area contributed by atoms with Crippen LogP contribution >= 0.6 is 0 Å². The van der Waals surface area contributed by atoms with Crippen LogP contribution in [0.4, 0.5) is 0 Å². The first-order chi connectivity index (χ1) is 11.2. The lowest BCUT2D eigenvalue weighted by molar-refractivity contribution is 0.261. The number of hydrogen-bond donors (Lipinski definition) is 3. The molecule has 1 aliphatic heterocycles. The van der Waals surface area contributed by atoms with Crippen molar-refractivity contribution in [2.45, 2.75) is 31.8 Å². The van der Waals surface area contributed by atoms with Gasteiger partial charge < -0.3 is 15.4 Å². The van der Waals surface area contributed by atoms with Crippen LogP contribution in [0.5, 0.6) is 5.75 Å². The Morgan fingerprint density at radius 3 is 2.75 bits per heavy atom. The van der Waals surface area contributed by atoms with Gasteiger partial charge in [0.25, 0.3) is 0 Å². The second kappa shape index (κ2) is 7.40. The molecule has 0 amide bonds. The van der Waals surface area contributed by atoms with E-state index in [9.17, 15) is 8.42 Å². The number of ether oxygens (including phenoxy) is 1. The Morgan fingerprint density at radius 2 is 2.08 bits per heavy atom. The molecule has 0 radical (unpaired) electrons. The maximum atomic E-state index is 11.4. The van der Waals surface area contributed by atoms with Gasteiger partial charge in [0.15, 0.2) is 5.96 Å². The molecule has 3 N–H and O–H groups in total. The summed E-state index contributed by atoms with van der Waals surface area (Å²) >= 11 is 0. The first-order valence-corrected chi connectivity index (χ1v) is 9.77. The van der Waals surface area contributed by atoms with E-state index in [2.05, 4.69) is 20.3 Å². The van der Waals surface area contributed by atoms with Crippen LogP contribution in [-0.4, -0.2) is 46.4 Å². The van der Waals surface area contributed by atoms with E-state index in [1.54, 1.807) is 7.05 Å². The molecule has 1 heterocycles. The van der Waals surface area contributed by atoms with E-state index in [4.69, 9.17) is 4.74 Å². The third-order valence-corrected chi connectivity index (χ3v) is 4.58. The SMILES string of the molecule is CN=C(NCC(C)(C)NS(C)(=O)=O)NC1CCOc2ccccc21. The zero-order valence-electron chi connectivity index (χ0n) is 14.6. The molecule has 24 heavy (non-hydrogen) atoms. The number of aliphatic imine (C=N–C) groups is 1. The Balaban J connectivity index is 1.99. The quantitative estimate of drug-likeness (QED) is 0.542. The van der Waals surface area contributed by atoms with Gasteiger partial charge in [0.05, 0.1) is 18.9 Å². The average molecular weight is 354 g/mol. The smallest absolute Gasteiger partial charge is 0.209 e. The molecular weight excluding hydrogens is 328 g/mol. The summed E-state index contributed by atoms with van der Waals surface area (Å²) in [7, 11) is -1.58. The monoisotopic (exact) mass is 354 g/mol. The summed E-state index contributed by atoms with van der Waals surface area (Å²) in [6, 6.07) is 8.03. The molecule has 0 fully saturated rings. The van der Waals surface area contributed by atoms with E-state index in [1.165, 1.54) is 0 Å². The number of rotatable bonds is 5. The highest BCUT2D eigenvalue weighted by Gasteiger charge is 2.24. The average Bonchev–Trinajstić information content (AvgIpc) is 2.49. The molecule has 0 saturated carbocycles. The topological polar surface area (TPSA) is 91.8 Å². The van der Waals surface area contributed by atoms with Crippen LogP contribution in [0.1, 0.15) is 31.9 Å². The van der Waals surface area contributed by atoms with Crippen molar-refractivity contribution in [3.8, 4) is 5.75 Å². The highest BCUT2D eigenvalue weighted by atomic mass is 32.2. The fourth-order valence-corrected chi connectivity index (χ4v) is 3.77. The zero-order chi connectivity index (χ0) is 17.8. The first kappa shape index (κ1) is 18.5. The summed E-state index contributed by atoms with van der Waals surface area (Å²) in [5, 5.41) is 6.56. The zero-order valence-corrected chi connectivity index (χ0v) is 15.4. The minimum Gasteiger partial charge on any atom is -0.493 e. The molecule has 1 unspecified atom stereocenters. The highest BCUT2D eigenvalue weighted by molar-refractivity contribution is 7.88. The van der Waals surface area contributed by atoms with Crippen molar-refractivity contribution >= 4 is 16.0 Å². The Morgan fingerprint density at radius 1 is 1.38 bits per heavy atom. The molecule has 2 rings (SSSR count). The molecule has 0 bridgehead atoms. The third-order valence-electron chi connectivity index (χ3n) is 3.65. The number of nitrogens with one attached hydrogen (secondary N) is 3. The molecule has 1 aromatic carbocycles. The molecule has 1 aliphatic rings. The number of hydrogen-bond acceptors (Lipinski definition) is 4. The second-order valence-electron chi connectivity index (χ2n) is 6.56. The molecule has 1 atom stereocenters. The maximum Gasteiger partial charge on any atom is 0.209 e. The van der Waals surface area contributed by atoms with E-state index in [-0.39, 0.29) is 6.04 Å². The number of guanidine groups is 1. The van der Waals surface area contributed by atoms with Crippen molar-refractivity contribution in [2.75, 3.05) is 26.5 Å². The van der Waals surface area contributed by atoms with Crippen LogP contribution in [0.2, 0.25) is 0 Å². The summed E-state index contributed by atoms with van der Waals surface area (Å²) in [5.41, 5.74) is 0.471. The largest absolute Gasteiger partial charge is 0.493 e. The number of sulfonamides is 1.